The lowest BCUT2D eigenvalue weighted by Crippen LogP contribution is -2.07. The summed E-state index contributed by atoms with van der Waals surface area (Å²) in [6.07, 6.45) is 3.38. The summed E-state index contributed by atoms with van der Waals surface area (Å²) in [5.41, 5.74) is 5.72. The number of rotatable bonds is 2. The van der Waals surface area contributed by atoms with Gasteiger partial charge in [0.2, 0.25) is 0 Å². The van der Waals surface area contributed by atoms with E-state index in [0.717, 1.165) is 30.2 Å². The minimum atomic E-state index is 0.713. The van der Waals surface area contributed by atoms with E-state index in [2.05, 4.69) is 36.5 Å². The number of fused-ring (bicyclic) bond motifs is 1. The summed E-state index contributed by atoms with van der Waals surface area (Å²) >= 11 is 6.44. The van der Waals surface area contributed by atoms with E-state index >= 15 is 0 Å². The smallest absolute Gasteiger partial charge is 0.133 e. The molecule has 0 saturated heterocycles. The molecule has 0 radical (unpaired) electrons. The molecule has 0 saturated carbocycles. The van der Waals surface area contributed by atoms with Gasteiger partial charge >= 0.3 is 0 Å². The summed E-state index contributed by atoms with van der Waals surface area (Å²) in [4.78, 5) is 0. The molecule has 0 bridgehead atoms. The Morgan fingerprint density at radius 3 is 2.67 bits per heavy atom. The summed E-state index contributed by atoms with van der Waals surface area (Å²) in [7, 11) is 0. The van der Waals surface area contributed by atoms with Crippen LogP contribution in [0.1, 0.15) is 24.0 Å². The first-order chi connectivity index (χ1) is 11.8. The summed E-state index contributed by atoms with van der Waals surface area (Å²) in [5, 5.41) is 9.25. The van der Waals surface area contributed by atoms with Crippen molar-refractivity contribution >= 4 is 17.4 Å². The quantitative estimate of drug-likeness (QED) is 0.692. The van der Waals surface area contributed by atoms with Crippen LogP contribution in [0.3, 0.4) is 0 Å². The number of benzene rings is 2. The molecule has 1 N–H and O–H groups in total. The maximum atomic E-state index is 6.44. The molecule has 0 spiro atoms. The van der Waals surface area contributed by atoms with Crippen LogP contribution in [-0.2, 0) is 6.42 Å². The van der Waals surface area contributed by atoms with Crippen molar-refractivity contribution in [2.24, 2.45) is 0 Å². The molecule has 2 aromatic carbocycles. The van der Waals surface area contributed by atoms with Crippen LogP contribution in [0.4, 0.5) is 5.82 Å². The Hall–Kier alpha value is -2.26. The Kier molecular flexibility index (Phi) is 4.03. The number of aryl methyl sites for hydroxylation is 1. The molecule has 3 nitrogen and oxygen atoms in total. The molecule has 1 aliphatic rings. The fourth-order valence-electron chi connectivity index (χ4n) is 3.36. The molecule has 24 heavy (non-hydrogen) atoms. The van der Waals surface area contributed by atoms with Crippen molar-refractivity contribution in [3.05, 3.63) is 64.7 Å². The molecule has 0 unspecified atom stereocenters. The van der Waals surface area contributed by atoms with E-state index in [1.54, 1.807) is 0 Å². The van der Waals surface area contributed by atoms with E-state index < -0.39 is 0 Å². The van der Waals surface area contributed by atoms with E-state index in [1.807, 2.05) is 28.9 Å². The highest BCUT2D eigenvalue weighted by molar-refractivity contribution is 6.32. The number of halogens is 1. The second kappa shape index (κ2) is 6.33. The normalized spacial score (nSPS) is 13.9. The fraction of sp³-hybridized carbons (Fsp3) is 0.250. The van der Waals surface area contributed by atoms with Gasteiger partial charge in [-0.05, 0) is 43.9 Å². The lowest BCUT2D eigenvalue weighted by atomic mass is 10.00. The van der Waals surface area contributed by atoms with Gasteiger partial charge in [0.05, 0.1) is 16.4 Å². The van der Waals surface area contributed by atoms with Gasteiger partial charge in [0, 0.05) is 17.7 Å². The molecule has 0 atom stereocenters. The molecule has 3 aromatic rings. The first-order valence-corrected chi connectivity index (χ1v) is 8.80. The highest BCUT2D eigenvalue weighted by Gasteiger charge is 2.23. The number of nitrogens with one attached hydrogen (secondary N) is 1. The molecule has 0 amide bonds. The predicted octanol–water partition coefficient (Wildman–Crippen LogP) is 5.25. The Labute approximate surface area is 147 Å². The Morgan fingerprint density at radius 2 is 1.83 bits per heavy atom. The predicted molar refractivity (Wildman–Crippen MR) is 100 cm³/mol. The third-order valence-electron chi connectivity index (χ3n) is 4.61. The second-order valence-electron chi connectivity index (χ2n) is 6.24. The van der Waals surface area contributed by atoms with Crippen molar-refractivity contribution in [2.45, 2.75) is 26.2 Å². The van der Waals surface area contributed by atoms with E-state index in [-0.39, 0.29) is 0 Å². The summed E-state index contributed by atoms with van der Waals surface area (Å²) in [5.74, 6) is 1.08. The third kappa shape index (κ3) is 2.59. The van der Waals surface area contributed by atoms with E-state index in [0.29, 0.717) is 5.02 Å². The maximum absolute atomic E-state index is 6.44. The van der Waals surface area contributed by atoms with Gasteiger partial charge in [-0.1, -0.05) is 48.0 Å². The topological polar surface area (TPSA) is 29.9 Å². The number of hydrogen-bond donors (Lipinski definition) is 1. The van der Waals surface area contributed by atoms with Crippen LogP contribution in [0.15, 0.2) is 48.5 Å². The number of anilines is 1. The number of nitrogens with zero attached hydrogens (tertiary/aromatic N) is 2. The Morgan fingerprint density at radius 1 is 1.04 bits per heavy atom. The number of hydrogen-bond acceptors (Lipinski definition) is 2. The van der Waals surface area contributed by atoms with Crippen LogP contribution < -0.4 is 5.32 Å². The molecule has 4 rings (SSSR count). The second-order valence-corrected chi connectivity index (χ2v) is 6.64. The summed E-state index contributed by atoms with van der Waals surface area (Å²) in [6.45, 7) is 3.11. The lowest BCUT2D eigenvalue weighted by molar-refractivity contribution is 0.780. The largest absolute Gasteiger partial charge is 0.370 e. The van der Waals surface area contributed by atoms with Gasteiger partial charge in [0.25, 0.3) is 0 Å². The van der Waals surface area contributed by atoms with Gasteiger partial charge in [-0.2, -0.15) is 5.10 Å². The van der Waals surface area contributed by atoms with Crippen LogP contribution in [0.25, 0.3) is 16.9 Å². The van der Waals surface area contributed by atoms with Gasteiger partial charge in [-0.25, -0.2) is 4.68 Å². The minimum absolute atomic E-state index is 0.713. The highest BCUT2D eigenvalue weighted by atomic mass is 35.5. The van der Waals surface area contributed by atoms with Crippen LogP contribution in [0.2, 0.25) is 5.02 Å². The molecule has 122 valence electrons. The van der Waals surface area contributed by atoms with E-state index in [9.17, 15) is 0 Å². The first-order valence-electron chi connectivity index (χ1n) is 8.42. The van der Waals surface area contributed by atoms with Crippen molar-refractivity contribution < 1.29 is 0 Å². The van der Waals surface area contributed by atoms with Crippen molar-refractivity contribution in [3.63, 3.8) is 0 Å². The Balaban J connectivity index is 1.96. The zero-order valence-corrected chi connectivity index (χ0v) is 14.5. The fourth-order valence-corrected chi connectivity index (χ4v) is 3.57. The van der Waals surface area contributed by atoms with Gasteiger partial charge < -0.3 is 5.32 Å². The SMILES string of the molecule is Cc1ccccc1-c1nn(-c2ccccc2Cl)c2c1CCCCN2. The molecule has 2 heterocycles. The van der Waals surface area contributed by atoms with Crippen LogP contribution in [0, 0.1) is 6.92 Å². The lowest BCUT2D eigenvalue weighted by Gasteiger charge is -2.10. The molecular formula is C20H20ClN3. The number of aromatic nitrogens is 2. The van der Waals surface area contributed by atoms with Crippen LogP contribution in [0.5, 0.6) is 0 Å². The average molecular weight is 338 g/mol. The van der Waals surface area contributed by atoms with Gasteiger partial charge in [-0.15, -0.1) is 0 Å². The minimum Gasteiger partial charge on any atom is -0.370 e. The average Bonchev–Trinajstić information content (AvgIpc) is 2.78. The van der Waals surface area contributed by atoms with E-state index in [4.69, 9.17) is 16.7 Å². The van der Waals surface area contributed by atoms with Gasteiger partial charge in [0.1, 0.15) is 5.82 Å². The third-order valence-corrected chi connectivity index (χ3v) is 4.93. The first kappa shape index (κ1) is 15.3. The van der Waals surface area contributed by atoms with Crippen molar-refractivity contribution in [1.29, 1.82) is 0 Å². The standard InChI is InChI=1S/C20H20ClN3/c1-14-8-2-3-9-15(14)19-16-10-6-7-13-22-20(16)24(23-19)18-12-5-4-11-17(18)21/h2-5,8-9,11-12,22H,6-7,10,13H2,1H3. The van der Waals surface area contributed by atoms with Crippen LogP contribution >= 0.6 is 11.6 Å². The molecule has 1 aliphatic heterocycles. The molecular weight excluding hydrogens is 318 g/mol. The van der Waals surface area contributed by atoms with E-state index in [1.165, 1.54) is 29.5 Å². The Bertz CT molecular complexity index is 812. The monoisotopic (exact) mass is 337 g/mol. The number of para-hydroxylation sites is 1. The zero-order chi connectivity index (χ0) is 16.5. The van der Waals surface area contributed by atoms with Gasteiger partial charge in [-0.3, -0.25) is 0 Å². The van der Waals surface area contributed by atoms with Crippen LogP contribution in [-0.4, -0.2) is 16.3 Å². The van der Waals surface area contributed by atoms with Crippen molar-refractivity contribution in [3.8, 4) is 16.9 Å². The molecule has 4 heteroatoms. The zero-order valence-electron chi connectivity index (χ0n) is 13.7. The summed E-state index contributed by atoms with van der Waals surface area (Å²) in [6, 6.07) is 16.3. The van der Waals surface area contributed by atoms with Crippen molar-refractivity contribution in [1.82, 2.24) is 9.78 Å². The maximum Gasteiger partial charge on any atom is 0.133 e. The van der Waals surface area contributed by atoms with Crippen molar-refractivity contribution in [2.75, 3.05) is 11.9 Å². The van der Waals surface area contributed by atoms with Gasteiger partial charge in [0.15, 0.2) is 0 Å². The molecule has 0 fully saturated rings. The molecule has 0 aliphatic carbocycles. The molecule has 1 aromatic heterocycles. The highest BCUT2D eigenvalue weighted by Crippen LogP contribution is 2.36. The summed E-state index contributed by atoms with van der Waals surface area (Å²) < 4.78 is 1.98.